The summed E-state index contributed by atoms with van der Waals surface area (Å²) in [4.78, 5) is 0. The van der Waals surface area contributed by atoms with Crippen molar-refractivity contribution in [2.75, 3.05) is 0 Å². The molecule has 0 fully saturated rings. The lowest BCUT2D eigenvalue weighted by Gasteiger charge is -2.06. The maximum atomic E-state index is 3.93. The van der Waals surface area contributed by atoms with Crippen molar-refractivity contribution in [2.45, 2.75) is 13.8 Å². The van der Waals surface area contributed by atoms with Crippen LogP contribution in [0.4, 0.5) is 5.69 Å². The third kappa shape index (κ3) is 2.63. The van der Waals surface area contributed by atoms with Gasteiger partial charge in [0.05, 0.1) is 0 Å². The SMILES string of the molecule is Cc1cccc(-c2ccc([NH3+])cc2C)c1.[Cl-]. The molecule has 0 unspecified atom stereocenters. The highest BCUT2D eigenvalue weighted by Gasteiger charge is 2.02. The Morgan fingerprint density at radius 2 is 1.69 bits per heavy atom. The molecule has 2 aromatic carbocycles. The Balaban J connectivity index is 0.00000128. The zero-order valence-electron chi connectivity index (χ0n) is 9.63. The number of aryl methyl sites for hydroxylation is 2. The molecule has 0 saturated carbocycles. The van der Waals surface area contributed by atoms with Crippen molar-refractivity contribution in [2.24, 2.45) is 0 Å². The normalized spacial score (nSPS) is 9.69. The van der Waals surface area contributed by atoms with E-state index in [-0.39, 0.29) is 12.4 Å². The minimum atomic E-state index is 0. The van der Waals surface area contributed by atoms with Gasteiger partial charge in [0.15, 0.2) is 0 Å². The van der Waals surface area contributed by atoms with Crippen molar-refractivity contribution >= 4 is 5.69 Å². The van der Waals surface area contributed by atoms with Crippen LogP contribution in [0.2, 0.25) is 0 Å². The molecule has 0 radical (unpaired) electrons. The highest BCUT2D eigenvalue weighted by Crippen LogP contribution is 2.25. The number of quaternary nitrogens is 1. The van der Waals surface area contributed by atoms with E-state index < -0.39 is 0 Å². The number of rotatable bonds is 1. The molecule has 0 aliphatic carbocycles. The van der Waals surface area contributed by atoms with Crippen LogP contribution in [-0.4, -0.2) is 0 Å². The average Bonchev–Trinajstić information content (AvgIpc) is 2.17. The van der Waals surface area contributed by atoms with Crippen molar-refractivity contribution in [3.8, 4) is 11.1 Å². The van der Waals surface area contributed by atoms with Gasteiger partial charge in [-0.1, -0.05) is 29.8 Å². The molecule has 0 amide bonds. The summed E-state index contributed by atoms with van der Waals surface area (Å²) in [6, 6.07) is 14.9. The van der Waals surface area contributed by atoms with Crippen molar-refractivity contribution in [1.82, 2.24) is 0 Å². The minimum absolute atomic E-state index is 0. The molecule has 0 atom stereocenters. The number of hydrogen-bond donors (Lipinski definition) is 1. The molecule has 2 aromatic rings. The highest BCUT2D eigenvalue weighted by atomic mass is 35.5. The molecule has 0 heterocycles. The van der Waals surface area contributed by atoms with Gasteiger partial charge in [0.25, 0.3) is 0 Å². The molecule has 3 N–H and O–H groups in total. The molecular weight excluding hydrogens is 218 g/mol. The van der Waals surface area contributed by atoms with Gasteiger partial charge in [0.2, 0.25) is 0 Å². The van der Waals surface area contributed by atoms with Gasteiger partial charge >= 0.3 is 0 Å². The van der Waals surface area contributed by atoms with Crippen molar-refractivity contribution in [1.29, 1.82) is 0 Å². The van der Waals surface area contributed by atoms with E-state index in [0.29, 0.717) is 0 Å². The van der Waals surface area contributed by atoms with E-state index in [4.69, 9.17) is 0 Å². The van der Waals surface area contributed by atoms with Crippen LogP contribution >= 0.6 is 0 Å². The summed E-state index contributed by atoms with van der Waals surface area (Å²) >= 11 is 0. The van der Waals surface area contributed by atoms with Crippen molar-refractivity contribution in [3.63, 3.8) is 0 Å². The first-order valence-corrected chi connectivity index (χ1v) is 5.16. The van der Waals surface area contributed by atoms with Crippen molar-refractivity contribution < 1.29 is 18.1 Å². The van der Waals surface area contributed by atoms with E-state index >= 15 is 0 Å². The average molecular weight is 234 g/mol. The smallest absolute Gasteiger partial charge is 0.128 e. The summed E-state index contributed by atoms with van der Waals surface area (Å²) in [5, 5.41) is 0. The van der Waals surface area contributed by atoms with Crippen LogP contribution in [0.25, 0.3) is 11.1 Å². The zero-order valence-corrected chi connectivity index (χ0v) is 10.4. The maximum absolute atomic E-state index is 3.93. The van der Waals surface area contributed by atoms with E-state index in [1.54, 1.807) is 0 Å². The van der Waals surface area contributed by atoms with Gasteiger partial charge < -0.3 is 18.1 Å². The lowest BCUT2D eigenvalue weighted by molar-refractivity contribution is -0.254. The zero-order chi connectivity index (χ0) is 10.8. The molecule has 0 aliphatic heterocycles. The fourth-order valence-corrected chi connectivity index (χ4v) is 1.86. The first-order chi connectivity index (χ1) is 7.16. The van der Waals surface area contributed by atoms with E-state index in [2.05, 4.69) is 62.0 Å². The number of benzene rings is 2. The molecular formula is C14H16ClN. The quantitative estimate of drug-likeness (QED) is 0.710. The second kappa shape index (κ2) is 5.15. The maximum Gasteiger partial charge on any atom is 0.128 e. The predicted molar refractivity (Wildman–Crippen MR) is 63.9 cm³/mol. The third-order valence-electron chi connectivity index (χ3n) is 2.62. The van der Waals surface area contributed by atoms with Gasteiger partial charge in [-0.2, -0.15) is 0 Å². The van der Waals surface area contributed by atoms with E-state index in [0.717, 1.165) is 5.69 Å². The fraction of sp³-hybridized carbons (Fsp3) is 0.143. The molecule has 0 aliphatic rings. The molecule has 0 saturated heterocycles. The van der Waals surface area contributed by atoms with Crippen LogP contribution in [0.1, 0.15) is 11.1 Å². The van der Waals surface area contributed by atoms with Gasteiger partial charge in [-0.3, -0.25) is 0 Å². The summed E-state index contributed by atoms with van der Waals surface area (Å²) in [5.41, 5.74) is 10.2. The fourth-order valence-electron chi connectivity index (χ4n) is 1.86. The van der Waals surface area contributed by atoms with Crippen molar-refractivity contribution in [3.05, 3.63) is 53.6 Å². The second-order valence-corrected chi connectivity index (χ2v) is 4.02. The van der Waals surface area contributed by atoms with Gasteiger partial charge in [0, 0.05) is 6.07 Å². The lowest BCUT2D eigenvalue weighted by Crippen LogP contribution is -3.00. The van der Waals surface area contributed by atoms with Gasteiger partial charge in [-0.05, 0) is 42.7 Å². The van der Waals surface area contributed by atoms with Crippen LogP contribution in [0.15, 0.2) is 42.5 Å². The monoisotopic (exact) mass is 233 g/mol. The first kappa shape index (κ1) is 12.8. The molecule has 0 bridgehead atoms. The van der Waals surface area contributed by atoms with Crippen LogP contribution in [0.5, 0.6) is 0 Å². The van der Waals surface area contributed by atoms with Gasteiger partial charge in [-0.25, -0.2) is 0 Å². The summed E-state index contributed by atoms with van der Waals surface area (Å²) in [6.07, 6.45) is 0. The topological polar surface area (TPSA) is 27.6 Å². The van der Waals surface area contributed by atoms with Crippen LogP contribution < -0.4 is 18.1 Å². The van der Waals surface area contributed by atoms with E-state index in [1.165, 1.54) is 22.3 Å². The number of hydrogen-bond acceptors (Lipinski definition) is 0. The molecule has 2 rings (SSSR count). The summed E-state index contributed by atoms with van der Waals surface area (Å²) in [5.74, 6) is 0. The highest BCUT2D eigenvalue weighted by molar-refractivity contribution is 5.69. The summed E-state index contributed by atoms with van der Waals surface area (Å²) in [7, 11) is 0. The Labute approximate surface area is 103 Å². The van der Waals surface area contributed by atoms with Crippen LogP contribution in [0.3, 0.4) is 0 Å². The molecule has 84 valence electrons. The Hall–Kier alpha value is -1.31. The van der Waals surface area contributed by atoms with Crippen LogP contribution in [0, 0.1) is 13.8 Å². The predicted octanol–water partition coefficient (Wildman–Crippen LogP) is -0.152. The van der Waals surface area contributed by atoms with E-state index in [1.807, 2.05) is 0 Å². The summed E-state index contributed by atoms with van der Waals surface area (Å²) in [6.45, 7) is 4.25. The first-order valence-electron chi connectivity index (χ1n) is 5.16. The molecule has 2 heteroatoms. The Morgan fingerprint density at radius 1 is 0.938 bits per heavy atom. The minimum Gasteiger partial charge on any atom is -1.00 e. The standard InChI is InChI=1S/C14H15N.ClH/c1-10-4-3-5-12(8-10)14-7-6-13(15)9-11(14)2;/h3-9H,15H2,1-2H3;1H. The molecule has 0 aromatic heterocycles. The Morgan fingerprint density at radius 3 is 2.31 bits per heavy atom. The second-order valence-electron chi connectivity index (χ2n) is 4.02. The largest absolute Gasteiger partial charge is 1.00 e. The third-order valence-corrected chi connectivity index (χ3v) is 2.62. The number of halogens is 1. The molecule has 0 spiro atoms. The Bertz CT molecular complexity index is 492. The van der Waals surface area contributed by atoms with Crippen LogP contribution in [-0.2, 0) is 0 Å². The van der Waals surface area contributed by atoms with Gasteiger partial charge in [0.1, 0.15) is 5.69 Å². The lowest BCUT2D eigenvalue weighted by atomic mass is 9.99. The molecule has 16 heavy (non-hydrogen) atoms. The summed E-state index contributed by atoms with van der Waals surface area (Å²) < 4.78 is 0. The van der Waals surface area contributed by atoms with Gasteiger partial charge in [-0.15, -0.1) is 0 Å². The Kier molecular flexibility index (Phi) is 4.11. The molecule has 1 nitrogen and oxygen atoms in total. The van der Waals surface area contributed by atoms with E-state index in [9.17, 15) is 0 Å².